The van der Waals surface area contributed by atoms with Crippen LogP contribution in [0, 0.1) is 11.7 Å². The minimum absolute atomic E-state index is 0.226. The maximum Gasteiger partial charge on any atom is 0.125 e. The topological polar surface area (TPSA) is 15.3 Å². The molecule has 3 atom stereocenters. The van der Waals surface area contributed by atoms with E-state index in [1.165, 1.54) is 6.07 Å². The van der Waals surface area contributed by atoms with E-state index in [0.717, 1.165) is 31.6 Å². The van der Waals surface area contributed by atoms with Gasteiger partial charge in [-0.3, -0.25) is 0 Å². The van der Waals surface area contributed by atoms with Crippen molar-refractivity contribution in [3.63, 3.8) is 0 Å². The van der Waals surface area contributed by atoms with Crippen LogP contribution in [0.15, 0.2) is 18.2 Å². The van der Waals surface area contributed by atoms with Gasteiger partial charge in [-0.05, 0) is 50.4 Å². The number of nitrogens with zero attached hydrogens (tertiary/aromatic N) is 1. The molecule has 2 nitrogen and oxygen atoms in total. The summed E-state index contributed by atoms with van der Waals surface area (Å²) in [6.45, 7) is 8.62. The summed E-state index contributed by atoms with van der Waals surface area (Å²) in [4.78, 5) is 2.24. The lowest BCUT2D eigenvalue weighted by atomic mass is 9.86. The normalized spacial score (nSPS) is 26.9. The Hall–Kier alpha value is -0.800. The van der Waals surface area contributed by atoms with Crippen molar-refractivity contribution in [1.82, 2.24) is 5.32 Å². The third kappa shape index (κ3) is 3.26. The van der Waals surface area contributed by atoms with Crippen LogP contribution in [-0.2, 0) is 0 Å². The highest BCUT2D eigenvalue weighted by Gasteiger charge is 2.32. The fraction of sp³-hybridized carbons (Fsp3) is 0.625. The standard InChI is InChI=1S/C16H24ClFN2/c1-4-8-19-15-7-9-20(12(3)11(15)2)16-10-13(18)5-6-14(16)17/h5-6,10-12,15,19H,4,7-9H2,1-3H3. The van der Waals surface area contributed by atoms with Crippen LogP contribution < -0.4 is 10.2 Å². The van der Waals surface area contributed by atoms with Gasteiger partial charge in [-0.1, -0.05) is 25.4 Å². The summed E-state index contributed by atoms with van der Waals surface area (Å²) >= 11 is 6.24. The van der Waals surface area contributed by atoms with E-state index in [1.807, 2.05) is 0 Å². The van der Waals surface area contributed by atoms with E-state index in [1.54, 1.807) is 12.1 Å². The zero-order chi connectivity index (χ0) is 14.7. The fourth-order valence-electron chi connectivity index (χ4n) is 3.03. The van der Waals surface area contributed by atoms with Gasteiger partial charge >= 0.3 is 0 Å². The Kier molecular flexibility index (Phi) is 5.28. The van der Waals surface area contributed by atoms with Crippen molar-refractivity contribution in [1.29, 1.82) is 0 Å². The van der Waals surface area contributed by atoms with Crippen LogP contribution in [0.5, 0.6) is 0 Å². The molecular formula is C16H24ClFN2. The van der Waals surface area contributed by atoms with Gasteiger partial charge in [-0.2, -0.15) is 0 Å². The summed E-state index contributed by atoms with van der Waals surface area (Å²) < 4.78 is 13.5. The molecule has 1 aromatic carbocycles. The Morgan fingerprint density at radius 1 is 1.40 bits per heavy atom. The van der Waals surface area contributed by atoms with Crippen LogP contribution >= 0.6 is 11.6 Å². The van der Waals surface area contributed by atoms with E-state index in [0.29, 0.717) is 23.0 Å². The molecule has 1 aromatic rings. The number of anilines is 1. The zero-order valence-corrected chi connectivity index (χ0v) is 13.3. The molecule has 1 aliphatic heterocycles. The van der Waals surface area contributed by atoms with Crippen LogP contribution in [0.4, 0.5) is 10.1 Å². The van der Waals surface area contributed by atoms with E-state index >= 15 is 0 Å². The molecule has 1 fully saturated rings. The predicted octanol–water partition coefficient (Wildman–Crippen LogP) is 4.08. The third-order valence-corrected chi connectivity index (χ3v) is 4.76. The molecule has 1 aliphatic rings. The lowest BCUT2D eigenvalue weighted by Crippen LogP contribution is -2.53. The van der Waals surface area contributed by atoms with Crippen LogP contribution in [0.25, 0.3) is 0 Å². The number of halogens is 2. The first kappa shape index (κ1) is 15.6. The van der Waals surface area contributed by atoms with Crippen molar-refractivity contribution in [3.8, 4) is 0 Å². The van der Waals surface area contributed by atoms with Gasteiger partial charge in [0, 0.05) is 18.6 Å². The van der Waals surface area contributed by atoms with E-state index in [-0.39, 0.29) is 5.82 Å². The van der Waals surface area contributed by atoms with E-state index in [4.69, 9.17) is 11.6 Å². The Morgan fingerprint density at radius 2 is 2.15 bits per heavy atom. The average molecular weight is 299 g/mol. The van der Waals surface area contributed by atoms with Crippen LogP contribution in [-0.4, -0.2) is 25.2 Å². The molecule has 112 valence electrons. The summed E-state index contributed by atoms with van der Waals surface area (Å²) in [5.74, 6) is 0.283. The number of piperidine rings is 1. The number of hydrogen-bond acceptors (Lipinski definition) is 2. The van der Waals surface area contributed by atoms with Crippen molar-refractivity contribution in [2.75, 3.05) is 18.0 Å². The molecule has 0 bridgehead atoms. The molecule has 1 N–H and O–H groups in total. The molecule has 2 rings (SSSR count). The van der Waals surface area contributed by atoms with Crippen molar-refractivity contribution < 1.29 is 4.39 Å². The van der Waals surface area contributed by atoms with Crippen molar-refractivity contribution in [3.05, 3.63) is 29.0 Å². The largest absolute Gasteiger partial charge is 0.367 e. The van der Waals surface area contributed by atoms with Crippen LogP contribution in [0.2, 0.25) is 5.02 Å². The Balaban J connectivity index is 2.13. The molecule has 1 saturated heterocycles. The molecule has 20 heavy (non-hydrogen) atoms. The molecule has 0 aliphatic carbocycles. The smallest absolute Gasteiger partial charge is 0.125 e. The lowest BCUT2D eigenvalue weighted by Gasteiger charge is -2.44. The highest BCUT2D eigenvalue weighted by molar-refractivity contribution is 6.33. The van der Waals surface area contributed by atoms with Gasteiger partial charge in [0.05, 0.1) is 10.7 Å². The van der Waals surface area contributed by atoms with Crippen molar-refractivity contribution >= 4 is 17.3 Å². The maximum absolute atomic E-state index is 13.5. The summed E-state index contributed by atoms with van der Waals surface area (Å²) in [7, 11) is 0. The summed E-state index contributed by atoms with van der Waals surface area (Å²) in [5, 5.41) is 4.25. The van der Waals surface area contributed by atoms with Gasteiger partial charge < -0.3 is 10.2 Å². The molecule has 0 radical (unpaired) electrons. The molecule has 0 amide bonds. The first-order valence-electron chi connectivity index (χ1n) is 7.49. The summed E-state index contributed by atoms with van der Waals surface area (Å²) in [6, 6.07) is 5.48. The van der Waals surface area contributed by atoms with Gasteiger partial charge in [0.25, 0.3) is 0 Å². The second-order valence-corrected chi connectivity index (χ2v) is 6.15. The first-order valence-corrected chi connectivity index (χ1v) is 7.87. The van der Waals surface area contributed by atoms with Gasteiger partial charge in [0.15, 0.2) is 0 Å². The van der Waals surface area contributed by atoms with Crippen molar-refractivity contribution in [2.24, 2.45) is 5.92 Å². The van der Waals surface area contributed by atoms with Crippen LogP contribution in [0.1, 0.15) is 33.6 Å². The molecule has 4 heteroatoms. The highest BCUT2D eigenvalue weighted by Crippen LogP contribution is 2.33. The van der Waals surface area contributed by atoms with Gasteiger partial charge in [-0.25, -0.2) is 4.39 Å². The van der Waals surface area contributed by atoms with Gasteiger partial charge in [-0.15, -0.1) is 0 Å². The average Bonchev–Trinajstić information content (AvgIpc) is 2.43. The van der Waals surface area contributed by atoms with Gasteiger partial charge in [0.1, 0.15) is 5.82 Å². The Labute approximate surface area is 126 Å². The number of benzene rings is 1. The fourth-order valence-corrected chi connectivity index (χ4v) is 3.25. The predicted molar refractivity (Wildman–Crippen MR) is 84.1 cm³/mol. The molecule has 0 aromatic heterocycles. The monoisotopic (exact) mass is 298 g/mol. The minimum Gasteiger partial charge on any atom is -0.367 e. The molecular weight excluding hydrogens is 275 g/mol. The highest BCUT2D eigenvalue weighted by atomic mass is 35.5. The maximum atomic E-state index is 13.5. The molecule has 1 heterocycles. The second kappa shape index (κ2) is 6.77. The second-order valence-electron chi connectivity index (χ2n) is 5.74. The zero-order valence-electron chi connectivity index (χ0n) is 12.5. The quantitative estimate of drug-likeness (QED) is 0.901. The van der Waals surface area contributed by atoms with Crippen molar-refractivity contribution in [2.45, 2.75) is 45.7 Å². The number of nitrogens with one attached hydrogen (secondary N) is 1. The molecule has 0 spiro atoms. The lowest BCUT2D eigenvalue weighted by molar-refractivity contribution is 0.271. The molecule has 3 unspecified atom stereocenters. The Morgan fingerprint density at radius 3 is 2.85 bits per heavy atom. The molecule has 0 saturated carbocycles. The SMILES string of the molecule is CCCNC1CCN(c2cc(F)ccc2Cl)C(C)C1C. The van der Waals surface area contributed by atoms with E-state index < -0.39 is 0 Å². The summed E-state index contributed by atoms with van der Waals surface area (Å²) in [6.07, 6.45) is 2.22. The Bertz CT molecular complexity index is 452. The third-order valence-electron chi connectivity index (χ3n) is 4.44. The first-order chi connectivity index (χ1) is 9.54. The van der Waals surface area contributed by atoms with Gasteiger partial charge in [0.2, 0.25) is 0 Å². The number of rotatable bonds is 4. The van der Waals surface area contributed by atoms with E-state index in [2.05, 4.69) is 31.0 Å². The van der Waals surface area contributed by atoms with Crippen LogP contribution in [0.3, 0.4) is 0 Å². The van der Waals surface area contributed by atoms with E-state index in [9.17, 15) is 4.39 Å². The number of hydrogen-bond donors (Lipinski definition) is 1. The summed E-state index contributed by atoms with van der Waals surface area (Å²) in [5.41, 5.74) is 0.819. The minimum atomic E-state index is -0.226.